The molecule has 0 aliphatic carbocycles. The summed E-state index contributed by atoms with van der Waals surface area (Å²) in [5, 5.41) is 9.17. The van der Waals surface area contributed by atoms with Gasteiger partial charge in [0.2, 0.25) is 5.91 Å². The Morgan fingerprint density at radius 1 is 1.38 bits per heavy atom. The minimum absolute atomic E-state index is 0.104. The fourth-order valence-electron chi connectivity index (χ4n) is 2.36. The van der Waals surface area contributed by atoms with Crippen molar-refractivity contribution in [1.82, 2.24) is 20.6 Å². The number of nitrogens with zero attached hydrogens (tertiary/aromatic N) is 2. The van der Waals surface area contributed by atoms with E-state index in [1.807, 2.05) is 23.6 Å². The van der Waals surface area contributed by atoms with Gasteiger partial charge in [-0.2, -0.15) is 0 Å². The second-order valence-corrected chi connectivity index (χ2v) is 5.94. The van der Waals surface area contributed by atoms with Crippen molar-refractivity contribution in [2.45, 2.75) is 31.8 Å². The molecule has 0 unspecified atom stereocenters. The highest BCUT2D eigenvalue weighted by atomic mass is 32.1. The summed E-state index contributed by atoms with van der Waals surface area (Å²) in [4.78, 5) is 20.7. The summed E-state index contributed by atoms with van der Waals surface area (Å²) in [6.07, 6.45) is 4.80. The van der Waals surface area contributed by atoms with Gasteiger partial charge in [0.15, 0.2) is 0 Å². The van der Waals surface area contributed by atoms with Crippen molar-refractivity contribution in [3.8, 4) is 10.7 Å². The zero-order valence-corrected chi connectivity index (χ0v) is 12.5. The summed E-state index contributed by atoms with van der Waals surface area (Å²) in [5.41, 5.74) is 1.85. The van der Waals surface area contributed by atoms with E-state index < -0.39 is 0 Å². The van der Waals surface area contributed by atoms with Crippen LogP contribution in [0.25, 0.3) is 10.7 Å². The summed E-state index contributed by atoms with van der Waals surface area (Å²) in [7, 11) is 0. The average Bonchev–Trinajstić information content (AvgIpc) is 2.90. The second-order valence-electron chi connectivity index (χ2n) is 5.08. The molecule has 1 fully saturated rings. The minimum atomic E-state index is -0.104. The first-order valence-electron chi connectivity index (χ1n) is 7.20. The van der Waals surface area contributed by atoms with Crippen molar-refractivity contribution in [2.75, 3.05) is 6.54 Å². The minimum Gasteiger partial charge on any atom is -0.355 e. The van der Waals surface area contributed by atoms with Crippen LogP contribution in [0.2, 0.25) is 0 Å². The molecule has 0 radical (unpaired) electrons. The number of amides is 1. The van der Waals surface area contributed by atoms with E-state index in [0.717, 1.165) is 42.2 Å². The van der Waals surface area contributed by atoms with Crippen LogP contribution < -0.4 is 10.6 Å². The normalized spacial score (nSPS) is 19.0. The van der Waals surface area contributed by atoms with Gasteiger partial charge in [0.1, 0.15) is 5.01 Å². The third kappa shape index (κ3) is 3.65. The standard InChI is InChI=1S/C15H18N4OS/c20-14-12(5-1-4-8-17-14)18-9-11-10-21-15(19-11)13-6-2-3-7-16-13/h2-3,6-7,10,12,18H,1,4-5,8-9H2,(H,17,20)/t12-/m1/s1. The molecule has 110 valence electrons. The van der Waals surface area contributed by atoms with Crippen LogP contribution in [0.4, 0.5) is 0 Å². The lowest BCUT2D eigenvalue weighted by molar-refractivity contribution is -0.122. The van der Waals surface area contributed by atoms with Crippen LogP contribution in [-0.4, -0.2) is 28.5 Å². The van der Waals surface area contributed by atoms with Crippen molar-refractivity contribution in [1.29, 1.82) is 0 Å². The van der Waals surface area contributed by atoms with Gasteiger partial charge in [-0.25, -0.2) is 4.98 Å². The van der Waals surface area contributed by atoms with Crippen LogP contribution in [0.5, 0.6) is 0 Å². The largest absolute Gasteiger partial charge is 0.355 e. The molecule has 6 heteroatoms. The second kappa shape index (κ2) is 6.78. The van der Waals surface area contributed by atoms with Crippen molar-refractivity contribution in [3.05, 3.63) is 35.5 Å². The molecule has 3 heterocycles. The first-order chi connectivity index (χ1) is 10.3. The molecule has 1 atom stereocenters. The van der Waals surface area contributed by atoms with Crippen LogP contribution in [0, 0.1) is 0 Å². The molecule has 2 aromatic heterocycles. The van der Waals surface area contributed by atoms with Crippen molar-refractivity contribution >= 4 is 17.2 Å². The molecule has 5 nitrogen and oxygen atoms in total. The van der Waals surface area contributed by atoms with E-state index in [2.05, 4.69) is 20.6 Å². The maximum atomic E-state index is 11.9. The van der Waals surface area contributed by atoms with Gasteiger partial charge in [-0.05, 0) is 31.4 Å². The number of thiazole rings is 1. The topological polar surface area (TPSA) is 66.9 Å². The Labute approximate surface area is 127 Å². The van der Waals surface area contributed by atoms with Gasteiger partial charge in [-0.15, -0.1) is 11.3 Å². The highest BCUT2D eigenvalue weighted by Gasteiger charge is 2.20. The number of rotatable bonds is 4. The Hall–Kier alpha value is -1.79. The van der Waals surface area contributed by atoms with Crippen molar-refractivity contribution in [2.24, 2.45) is 0 Å². The van der Waals surface area contributed by atoms with Gasteiger partial charge < -0.3 is 10.6 Å². The molecule has 1 aliphatic rings. The fourth-order valence-corrected chi connectivity index (χ4v) is 3.15. The van der Waals surface area contributed by atoms with Crippen LogP contribution in [0.3, 0.4) is 0 Å². The van der Waals surface area contributed by atoms with E-state index >= 15 is 0 Å². The molecular formula is C15H18N4OS. The Morgan fingerprint density at radius 2 is 2.33 bits per heavy atom. The van der Waals surface area contributed by atoms with Gasteiger partial charge in [0.25, 0.3) is 0 Å². The van der Waals surface area contributed by atoms with Gasteiger partial charge in [0, 0.05) is 24.7 Å². The lowest BCUT2D eigenvalue weighted by atomic mass is 10.1. The van der Waals surface area contributed by atoms with Gasteiger partial charge in [0.05, 0.1) is 17.4 Å². The van der Waals surface area contributed by atoms with Crippen LogP contribution in [-0.2, 0) is 11.3 Å². The number of nitrogens with one attached hydrogen (secondary N) is 2. The molecule has 1 amide bonds. The number of pyridine rings is 1. The Kier molecular flexibility index (Phi) is 4.57. The van der Waals surface area contributed by atoms with E-state index in [1.165, 1.54) is 0 Å². The SMILES string of the molecule is O=C1NCCCC[C@H]1NCc1csc(-c2ccccn2)n1. The number of hydrogen-bond acceptors (Lipinski definition) is 5. The van der Waals surface area contributed by atoms with E-state index in [9.17, 15) is 4.79 Å². The number of carbonyl (C=O) groups excluding carboxylic acids is 1. The van der Waals surface area contributed by atoms with Crippen LogP contribution >= 0.6 is 11.3 Å². The first-order valence-corrected chi connectivity index (χ1v) is 8.08. The van der Waals surface area contributed by atoms with E-state index in [-0.39, 0.29) is 11.9 Å². The summed E-state index contributed by atoms with van der Waals surface area (Å²) in [5.74, 6) is 0.104. The highest BCUT2D eigenvalue weighted by Crippen LogP contribution is 2.21. The molecular weight excluding hydrogens is 284 g/mol. The summed E-state index contributed by atoms with van der Waals surface area (Å²) >= 11 is 1.58. The highest BCUT2D eigenvalue weighted by molar-refractivity contribution is 7.13. The molecule has 1 saturated heterocycles. The van der Waals surface area contributed by atoms with E-state index in [0.29, 0.717) is 6.54 Å². The third-order valence-corrected chi connectivity index (χ3v) is 4.41. The van der Waals surface area contributed by atoms with Crippen molar-refractivity contribution < 1.29 is 4.79 Å². The third-order valence-electron chi connectivity index (χ3n) is 3.50. The zero-order chi connectivity index (χ0) is 14.5. The number of hydrogen-bond donors (Lipinski definition) is 2. The lowest BCUT2D eigenvalue weighted by Gasteiger charge is -2.13. The molecule has 0 spiro atoms. The molecule has 0 saturated carbocycles. The molecule has 2 N–H and O–H groups in total. The molecule has 21 heavy (non-hydrogen) atoms. The summed E-state index contributed by atoms with van der Waals surface area (Å²) in [6, 6.07) is 5.70. The van der Waals surface area contributed by atoms with Crippen molar-refractivity contribution in [3.63, 3.8) is 0 Å². The smallest absolute Gasteiger partial charge is 0.237 e. The zero-order valence-electron chi connectivity index (χ0n) is 11.7. The molecule has 0 aromatic carbocycles. The molecule has 1 aliphatic heterocycles. The van der Waals surface area contributed by atoms with E-state index in [4.69, 9.17) is 0 Å². The quantitative estimate of drug-likeness (QED) is 0.906. The van der Waals surface area contributed by atoms with E-state index in [1.54, 1.807) is 17.5 Å². The maximum absolute atomic E-state index is 11.9. The van der Waals surface area contributed by atoms with Gasteiger partial charge in [-0.3, -0.25) is 9.78 Å². The Balaban J connectivity index is 1.61. The fraction of sp³-hybridized carbons (Fsp3) is 0.400. The number of aromatic nitrogens is 2. The van der Waals surface area contributed by atoms with Crippen LogP contribution in [0.1, 0.15) is 25.0 Å². The predicted molar refractivity (Wildman–Crippen MR) is 82.8 cm³/mol. The maximum Gasteiger partial charge on any atom is 0.237 e. The summed E-state index contributed by atoms with van der Waals surface area (Å²) < 4.78 is 0. The molecule has 0 bridgehead atoms. The molecule has 3 rings (SSSR count). The molecule has 2 aromatic rings. The van der Waals surface area contributed by atoms with Crippen LogP contribution in [0.15, 0.2) is 29.8 Å². The summed E-state index contributed by atoms with van der Waals surface area (Å²) in [6.45, 7) is 1.40. The first kappa shape index (κ1) is 14.2. The average molecular weight is 302 g/mol. The Morgan fingerprint density at radius 3 is 3.19 bits per heavy atom. The van der Waals surface area contributed by atoms with Gasteiger partial charge >= 0.3 is 0 Å². The predicted octanol–water partition coefficient (Wildman–Crippen LogP) is 1.96. The monoisotopic (exact) mass is 302 g/mol. The van der Waals surface area contributed by atoms with Gasteiger partial charge in [-0.1, -0.05) is 6.07 Å². The Bertz CT molecular complexity index is 599. The number of carbonyl (C=O) groups is 1. The lowest BCUT2D eigenvalue weighted by Crippen LogP contribution is -2.42.